The summed E-state index contributed by atoms with van der Waals surface area (Å²) in [6, 6.07) is 15.1. The number of anilines is 1. The molecule has 0 aliphatic carbocycles. The molecule has 0 aromatic heterocycles. The molecule has 0 spiro atoms. The third-order valence-corrected chi connectivity index (χ3v) is 5.56. The van der Waals surface area contributed by atoms with Crippen LogP contribution in [0.5, 0.6) is 0 Å². The topological polar surface area (TPSA) is 93.7 Å². The zero-order valence-corrected chi connectivity index (χ0v) is 20.6. The van der Waals surface area contributed by atoms with Gasteiger partial charge in [0.05, 0.1) is 13.2 Å². The third-order valence-electron chi connectivity index (χ3n) is 5.56. The van der Waals surface area contributed by atoms with E-state index in [2.05, 4.69) is 10.6 Å². The molecule has 0 atom stereocenters. The van der Waals surface area contributed by atoms with Crippen molar-refractivity contribution in [3.8, 4) is 11.1 Å². The molecule has 2 N–H and O–H groups in total. The summed E-state index contributed by atoms with van der Waals surface area (Å²) in [6.45, 7) is 8.90. The molecule has 2 aromatic rings. The number of ether oxygens (including phenoxy) is 2. The van der Waals surface area contributed by atoms with Crippen molar-refractivity contribution in [2.75, 3.05) is 38.3 Å². The lowest BCUT2D eigenvalue weighted by molar-refractivity contribution is -0.127. The fourth-order valence-electron chi connectivity index (χ4n) is 3.07. The molecule has 2 rings (SSSR count). The highest BCUT2D eigenvalue weighted by Crippen LogP contribution is 2.27. The molecule has 0 bridgehead atoms. The van der Waals surface area contributed by atoms with Crippen molar-refractivity contribution in [3.05, 3.63) is 54.1 Å². The van der Waals surface area contributed by atoms with Crippen LogP contribution in [0.2, 0.25) is 0 Å². The van der Waals surface area contributed by atoms with Gasteiger partial charge < -0.3 is 20.1 Å². The van der Waals surface area contributed by atoms with Crippen molar-refractivity contribution < 1.29 is 26.7 Å². The summed E-state index contributed by atoms with van der Waals surface area (Å²) in [4.78, 5) is 36.1. The summed E-state index contributed by atoms with van der Waals surface area (Å²) >= 11 is 0. The average Bonchev–Trinajstić information content (AvgIpc) is 2.85. The number of hydrogen-bond acceptors (Lipinski definition) is 5. The number of carbonyl (C=O) groups is 3. The Morgan fingerprint density at radius 2 is 1.35 bits per heavy atom. The molecule has 0 saturated heterocycles. The van der Waals surface area contributed by atoms with Gasteiger partial charge in [0, 0.05) is 26.1 Å². The smallest absolute Gasteiger partial charge is 0.250 e. The van der Waals surface area contributed by atoms with Gasteiger partial charge in [-0.1, -0.05) is 64.1 Å². The maximum absolute atomic E-state index is 12.6. The highest BCUT2D eigenvalue weighted by atomic mass is 16.5. The summed E-state index contributed by atoms with van der Waals surface area (Å²) < 4.78 is 10.5. The number of nitrogens with one attached hydrogen (secondary N) is 2. The molecule has 0 aliphatic heterocycles. The minimum atomic E-state index is -0.372. The van der Waals surface area contributed by atoms with E-state index in [9.17, 15) is 14.4 Å². The zero-order valence-electron chi connectivity index (χ0n) is 20.6. The fourth-order valence-corrected chi connectivity index (χ4v) is 3.07. The van der Waals surface area contributed by atoms with E-state index >= 15 is 0 Å². The SMILES string of the molecule is CCCNC(=O)COCCOCC(=O)Nc1ccc(-c2ccc(C(=O)C(C)(C)CC)cc2)cc1.[HH].[HH]. The Balaban J connectivity index is 0.00000612. The average molecular weight is 473 g/mol. The van der Waals surface area contributed by atoms with E-state index < -0.39 is 0 Å². The lowest BCUT2D eigenvalue weighted by atomic mass is 9.82. The molecule has 188 valence electrons. The summed E-state index contributed by atoms with van der Waals surface area (Å²) in [5.41, 5.74) is 2.99. The maximum Gasteiger partial charge on any atom is 0.250 e. The molecule has 0 aliphatic rings. The van der Waals surface area contributed by atoms with E-state index in [1.807, 2.05) is 76.2 Å². The van der Waals surface area contributed by atoms with Gasteiger partial charge in [0.1, 0.15) is 13.2 Å². The van der Waals surface area contributed by atoms with Gasteiger partial charge >= 0.3 is 0 Å². The van der Waals surface area contributed by atoms with Crippen molar-refractivity contribution in [2.24, 2.45) is 5.41 Å². The number of amides is 2. The molecule has 7 heteroatoms. The second-order valence-corrected chi connectivity index (χ2v) is 8.72. The highest BCUT2D eigenvalue weighted by Gasteiger charge is 2.26. The first-order valence-corrected chi connectivity index (χ1v) is 11.7. The summed E-state index contributed by atoms with van der Waals surface area (Å²) in [5.74, 6) is -0.284. The Morgan fingerprint density at radius 3 is 1.88 bits per heavy atom. The Bertz CT molecular complexity index is 948. The predicted molar refractivity (Wildman–Crippen MR) is 138 cm³/mol. The van der Waals surface area contributed by atoms with Crippen LogP contribution >= 0.6 is 0 Å². The second-order valence-electron chi connectivity index (χ2n) is 8.72. The first-order chi connectivity index (χ1) is 16.3. The predicted octanol–water partition coefficient (Wildman–Crippen LogP) is 4.96. The first kappa shape index (κ1) is 27.2. The van der Waals surface area contributed by atoms with Crippen molar-refractivity contribution in [2.45, 2.75) is 40.5 Å². The molecule has 0 heterocycles. The summed E-state index contributed by atoms with van der Waals surface area (Å²) in [6.07, 6.45) is 1.66. The number of rotatable bonds is 14. The van der Waals surface area contributed by atoms with Crippen LogP contribution in [0.4, 0.5) is 5.69 Å². The molecule has 7 nitrogen and oxygen atoms in total. The molecule has 0 unspecified atom stereocenters. The van der Waals surface area contributed by atoms with E-state index in [0.29, 0.717) is 17.8 Å². The first-order valence-electron chi connectivity index (χ1n) is 11.7. The van der Waals surface area contributed by atoms with Gasteiger partial charge in [-0.05, 0) is 36.1 Å². The van der Waals surface area contributed by atoms with E-state index in [-0.39, 0.29) is 52.3 Å². The zero-order chi connectivity index (χ0) is 25.0. The number of carbonyl (C=O) groups excluding carboxylic acids is 3. The third kappa shape index (κ3) is 8.72. The summed E-state index contributed by atoms with van der Waals surface area (Å²) in [5, 5.41) is 5.50. The lowest BCUT2D eigenvalue weighted by Gasteiger charge is -2.20. The van der Waals surface area contributed by atoms with Crippen LogP contribution in [0.15, 0.2) is 48.5 Å². The molecule has 0 fully saturated rings. The molecule has 2 aromatic carbocycles. The molecule has 0 saturated carbocycles. The Kier molecular flexibility index (Phi) is 10.9. The van der Waals surface area contributed by atoms with Gasteiger partial charge in [-0.15, -0.1) is 0 Å². The van der Waals surface area contributed by atoms with Crippen LogP contribution in [-0.4, -0.2) is 50.6 Å². The summed E-state index contributed by atoms with van der Waals surface area (Å²) in [7, 11) is 0. The normalized spacial score (nSPS) is 11.2. The van der Waals surface area contributed by atoms with E-state index in [1.54, 1.807) is 0 Å². The fraction of sp³-hybridized carbons (Fsp3) is 0.444. The number of ketones is 1. The van der Waals surface area contributed by atoms with Crippen LogP contribution in [0, 0.1) is 5.41 Å². The van der Waals surface area contributed by atoms with Crippen LogP contribution in [0.25, 0.3) is 11.1 Å². The van der Waals surface area contributed by atoms with Gasteiger partial charge in [0.2, 0.25) is 11.8 Å². The quantitative estimate of drug-likeness (QED) is 0.299. The van der Waals surface area contributed by atoms with Crippen LogP contribution in [0.3, 0.4) is 0 Å². The van der Waals surface area contributed by atoms with Crippen molar-refractivity contribution in [1.29, 1.82) is 0 Å². The van der Waals surface area contributed by atoms with Gasteiger partial charge in [0.25, 0.3) is 0 Å². The molecule has 2 amide bonds. The number of benzene rings is 2. The molecular weight excluding hydrogens is 432 g/mol. The van der Waals surface area contributed by atoms with Crippen molar-refractivity contribution in [3.63, 3.8) is 0 Å². The number of hydrogen-bond donors (Lipinski definition) is 2. The van der Waals surface area contributed by atoms with E-state index in [1.165, 1.54) is 0 Å². The minimum absolute atomic E-state index is 0. The van der Waals surface area contributed by atoms with Crippen LogP contribution in [0.1, 0.15) is 53.7 Å². The minimum Gasteiger partial charge on any atom is -0.369 e. The van der Waals surface area contributed by atoms with Gasteiger partial charge in [-0.25, -0.2) is 0 Å². The van der Waals surface area contributed by atoms with Crippen LogP contribution in [-0.2, 0) is 19.1 Å². The van der Waals surface area contributed by atoms with E-state index in [4.69, 9.17) is 9.47 Å². The molecular formula is C27H40N2O5. The van der Waals surface area contributed by atoms with Crippen LogP contribution < -0.4 is 10.6 Å². The standard InChI is InChI=1S/C27H36N2O5.2H2/c1-5-15-28-24(30)18-33-16-17-34-19-25(31)29-23-13-11-21(12-14-23)20-7-9-22(10-8-20)26(32)27(3,4)6-2;;/h7-14H,5-6,15-19H2,1-4H3,(H,28,30)(H,29,31);2*1H. The van der Waals surface area contributed by atoms with Gasteiger partial charge in [-0.3, -0.25) is 14.4 Å². The Labute approximate surface area is 205 Å². The van der Waals surface area contributed by atoms with Crippen molar-refractivity contribution in [1.82, 2.24) is 5.32 Å². The lowest BCUT2D eigenvalue weighted by Crippen LogP contribution is -2.28. The van der Waals surface area contributed by atoms with Crippen molar-refractivity contribution >= 4 is 23.3 Å². The molecule has 0 radical (unpaired) electrons. The second kappa shape index (κ2) is 13.6. The van der Waals surface area contributed by atoms with Gasteiger partial charge in [0.15, 0.2) is 5.78 Å². The largest absolute Gasteiger partial charge is 0.369 e. The van der Waals surface area contributed by atoms with Gasteiger partial charge in [-0.2, -0.15) is 0 Å². The highest BCUT2D eigenvalue weighted by molar-refractivity contribution is 6.00. The molecule has 34 heavy (non-hydrogen) atoms. The Hall–Kier alpha value is -3.03. The maximum atomic E-state index is 12.6. The van der Waals surface area contributed by atoms with E-state index in [0.717, 1.165) is 24.0 Å². The number of Topliss-reactive ketones (excluding diaryl/α,β-unsaturated/α-hetero) is 1. The monoisotopic (exact) mass is 472 g/mol. The Morgan fingerprint density at radius 1 is 0.824 bits per heavy atom.